The molecule has 0 unspecified atom stereocenters. The fourth-order valence-corrected chi connectivity index (χ4v) is 6.42. The van der Waals surface area contributed by atoms with Crippen LogP contribution in [-0.4, -0.2) is 40.6 Å². The van der Waals surface area contributed by atoms with E-state index in [0.29, 0.717) is 23.5 Å². The standard InChI is InChI=1S/C26H34ClN5O3S/c1-17-6-12-22(13-7-17)36(33,34)35-15-20-10-8-19(9-11-20)14-32-16-28-24-23(32)25(31-26(27)30-24)29-18(2)21-4-3-5-21/h6-7,12-13,16,18-21H,3-5,8-11,14-15H2,1-2H3,(H,29,30,31)/t18-,19-,20-/m1/s1. The molecule has 2 aliphatic carbocycles. The molecule has 2 aliphatic rings. The Balaban J connectivity index is 1.19. The number of halogens is 1. The number of imidazole rings is 1. The number of aryl methyl sites for hydroxylation is 1. The molecule has 0 aliphatic heterocycles. The Morgan fingerprint density at radius 2 is 1.78 bits per heavy atom. The summed E-state index contributed by atoms with van der Waals surface area (Å²) in [6, 6.07) is 7.10. The SMILES string of the molecule is Cc1ccc(S(=O)(=O)OC[C@H]2CC[C@H](Cn3cnc4nc(Cl)nc(N[C@H](C)C5CCC5)c43)CC2)cc1. The third-order valence-electron chi connectivity index (χ3n) is 7.86. The number of benzene rings is 1. The maximum atomic E-state index is 12.5. The zero-order valence-corrected chi connectivity index (χ0v) is 22.4. The van der Waals surface area contributed by atoms with Crippen LogP contribution in [0.4, 0.5) is 5.82 Å². The molecular formula is C26H34ClN5O3S. The summed E-state index contributed by atoms with van der Waals surface area (Å²) in [4.78, 5) is 13.6. The first-order valence-corrected chi connectivity index (χ1v) is 14.7. The monoisotopic (exact) mass is 531 g/mol. The van der Waals surface area contributed by atoms with Crippen LogP contribution in [0.25, 0.3) is 11.2 Å². The Kier molecular flexibility index (Phi) is 7.51. The molecule has 36 heavy (non-hydrogen) atoms. The maximum Gasteiger partial charge on any atom is 0.296 e. The van der Waals surface area contributed by atoms with Crippen LogP contribution >= 0.6 is 11.6 Å². The van der Waals surface area contributed by atoms with E-state index in [-0.39, 0.29) is 22.7 Å². The Labute approximate surface area is 218 Å². The van der Waals surface area contributed by atoms with Crippen molar-refractivity contribution in [2.24, 2.45) is 17.8 Å². The van der Waals surface area contributed by atoms with Crippen LogP contribution in [-0.2, 0) is 20.8 Å². The van der Waals surface area contributed by atoms with Gasteiger partial charge in [-0.05, 0) is 93.9 Å². The van der Waals surface area contributed by atoms with Gasteiger partial charge in [-0.3, -0.25) is 4.18 Å². The Bertz CT molecular complexity index is 1300. The van der Waals surface area contributed by atoms with Gasteiger partial charge < -0.3 is 9.88 Å². The van der Waals surface area contributed by atoms with E-state index in [4.69, 9.17) is 15.8 Å². The van der Waals surface area contributed by atoms with Gasteiger partial charge in [-0.2, -0.15) is 18.4 Å². The van der Waals surface area contributed by atoms with E-state index in [2.05, 4.69) is 31.8 Å². The summed E-state index contributed by atoms with van der Waals surface area (Å²) in [5.41, 5.74) is 2.53. The second-order valence-electron chi connectivity index (χ2n) is 10.5. The van der Waals surface area contributed by atoms with Crippen molar-refractivity contribution in [2.75, 3.05) is 11.9 Å². The first-order chi connectivity index (χ1) is 17.3. The van der Waals surface area contributed by atoms with Gasteiger partial charge in [-0.15, -0.1) is 0 Å². The lowest BCUT2D eigenvalue weighted by molar-refractivity contribution is 0.179. The molecule has 2 saturated carbocycles. The van der Waals surface area contributed by atoms with Crippen molar-refractivity contribution >= 4 is 38.7 Å². The Morgan fingerprint density at radius 3 is 2.44 bits per heavy atom. The summed E-state index contributed by atoms with van der Waals surface area (Å²) < 4.78 is 32.6. The molecule has 2 heterocycles. The predicted molar refractivity (Wildman–Crippen MR) is 141 cm³/mol. The molecule has 10 heteroatoms. The number of hydrogen-bond donors (Lipinski definition) is 1. The highest BCUT2D eigenvalue weighted by Crippen LogP contribution is 2.34. The fraction of sp³-hybridized carbons (Fsp3) is 0.577. The number of aromatic nitrogens is 4. The van der Waals surface area contributed by atoms with Crippen molar-refractivity contribution in [3.63, 3.8) is 0 Å². The van der Waals surface area contributed by atoms with Gasteiger partial charge in [-0.25, -0.2) is 4.98 Å². The van der Waals surface area contributed by atoms with E-state index >= 15 is 0 Å². The summed E-state index contributed by atoms with van der Waals surface area (Å²) in [5.74, 6) is 2.13. The third kappa shape index (κ3) is 5.68. The Hall–Kier alpha value is -2.23. The zero-order chi connectivity index (χ0) is 25.3. The highest BCUT2D eigenvalue weighted by Gasteiger charge is 2.27. The smallest absolute Gasteiger partial charge is 0.296 e. The van der Waals surface area contributed by atoms with Crippen molar-refractivity contribution in [1.29, 1.82) is 0 Å². The highest BCUT2D eigenvalue weighted by atomic mass is 35.5. The molecule has 2 fully saturated rings. The maximum absolute atomic E-state index is 12.5. The molecule has 0 spiro atoms. The first kappa shape index (κ1) is 25.4. The third-order valence-corrected chi connectivity index (χ3v) is 9.32. The summed E-state index contributed by atoms with van der Waals surface area (Å²) in [6.07, 6.45) is 9.50. The predicted octanol–water partition coefficient (Wildman–Crippen LogP) is 5.60. The molecule has 5 rings (SSSR count). The van der Waals surface area contributed by atoms with Gasteiger partial charge >= 0.3 is 0 Å². The second-order valence-corrected chi connectivity index (χ2v) is 12.4. The number of anilines is 1. The van der Waals surface area contributed by atoms with Gasteiger partial charge in [-0.1, -0.05) is 24.1 Å². The van der Waals surface area contributed by atoms with Gasteiger partial charge in [0.1, 0.15) is 5.52 Å². The second kappa shape index (κ2) is 10.6. The van der Waals surface area contributed by atoms with Crippen LogP contribution in [0.15, 0.2) is 35.5 Å². The van der Waals surface area contributed by atoms with Crippen molar-refractivity contribution in [1.82, 2.24) is 19.5 Å². The summed E-state index contributed by atoms with van der Waals surface area (Å²) >= 11 is 6.19. The van der Waals surface area contributed by atoms with E-state index in [1.807, 2.05) is 13.3 Å². The average Bonchev–Trinajstić information content (AvgIpc) is 3.20. The minimum Gasteiger partial charge on any atom is -0.365 e. The highest BCUT2D eigenvalue weighted by molar-refractivity contribution is 7.86. The number of nitrogens with zero attached hydrogens (tertiary/aromatic N) is 4. The van der Waals surface area contributed by atoms with Crippen LogP contribution in [0, 0.1) is 24.7 Å². The van der Waals surface area contributed by atoms with Crippen LogP contribution in [0.3, 0.4) is 0 Å². The molecule has 8 nitrogen and oxygen atoms in total. The van der Waals surface area contributed by atoms with Crippen LogP contribution < -0.4 is 5.32 Å². The van der Waals surface area contributed by atoms with E-state index in [0.717, 1.165) is 49.1 Å². The van der Waals surface area contributed by atoms with Crippen molar-refractivity contribution in [3.05, 3.63) is 41.4 Å². The average molecular weight is 532 g/mol. The summed E-state index contributed by atoms with van der Waals surface area (Å²) in [7, 11) is -3.72. The van der Waals surface area contributed by atoms with Crippen LogP contribution in [0.1, 0.15) is 57.4 Å². The number of hydrogen-bond acceptors (Lipinski definition) is 7. The van der Waals surface area contributed by atoms with Crippen molar-refractivity contribution < 1.29 is 12.6 Å². The summed E-state index contributed by atoms with van der Waals surface area (Å²) in [5, 5.41) is 3.78. The lowest BCUT2D eigenvalue weighted by Crippen LogP contribution is -2.31. The fourth-order valence-electron chi connectivity index (χ4n) is 5.28. The minimum absolute atomic E-state index is 0.206. The van der Waals surface area contributed by atoms with E-state index in [1.165, 1.54) is 19.3 Å². The molecule has 1 N–H and O–H groups in total. The zero-order valence-electron chi connectivity index (χ0n) is 20.9. The van der Waals surface area contributed by atoms with Crippen LogP contribution in [0.2, 0.25) is 5.28 Å². The minimum atomic E-state index is -3.72. The largest absolute Gasteiger partial charge is 0.365 e. The van der Waals surface area contributed by atoms with Crippen molar-refractivity contribution in [2.45, 2.75) is 76.3 Å². The molecule has 0 bridgehead atoms. The molecule has 0 saturated heterocycles. The lowest BCUT2D eigenvalue weighted by Gasteiger charge is -2.32. The first-order valence-electron chi connectivity index (χ1n) is 12.9. The van der Waals surface area contributed by atoms with Gasteiger partial charge in [0.2, 0.25) is 5.28 Å². The topological polar surface area (TPSA) is 99.0 Å². The Morgan fingerprint density at radius 1 is 1.08 bits per heavy atom. The number of nitrogens with one attached hydrogen (secondary N) is 1. The lowest BCUT2D eigenvalue weighted by atomic mass is 9.80. The van der Waals surface area contributed by atoms with Gasteiger partial charge in [0, 0.05) is 12.6 Å². The van der Waals surface area contributed by atoms with Gasteiger partial charge in [0.15, 0.2) is 11.5 Å². The molecular weight excluding hydrogens is 498 g/mol. The van der Waals surface area contributed by atoms with E-state index < -0.39 is 10.1 Å². The number of rotatable bonds is 9. The molecule has 194 valence electrons. The van der Waals surface area contributed by atoms with E-state index in [1.54, 1.807) is 24.3 Å². The normalized spacial score (nSPS) is 21.9. The van der Waals surface area contributed by atoms with E-state index in [9.17, 15) is 8.42 Å². The molecule has 0 radical (unpaired) electrons. The molecule has 2 aromatic heterocycles. The van der Waals surface area contributed by atoms with Gasteiger partial charge in [0.25, 0.3) is 10.1 Å². The van der Waals surface area contributed by atoms with Gasteiger partial charge in [0.05, 0.1) is 17.8 Å². The molecule has 1 aromatic carbocycles. The van der Waals surface area contributed by atoms with Crippen molar-refractivity contribution in [3.8, 4) is 0 Å². The molecule has 3 aromatic rings. The molecule has 0 amide bonds. The van der Waals surface area contributed by atoms with Crippen LogP contribution in [0.5, 0.6) is 0 Å². The number of fused-ring (bicyclic) bond motifs is 1. The summed E-state index contributed by atoms with van der Waals surface area (Å²) in [6.45, 7) is 5.19. The quantitative estimate of drug-likeness (QED) is 0.283. The molecule has 1 atom stereocenters.